The van der Waals surface area contributed by atoms with Gasteiger partial charge < -0.3 is 4.90 Å². The standard InChI is InChI=1S/C65H43N/c1-3-16-44(17-4-1)46-30-37-50(38-31-46)66(51-39-32-47(33-40-51)45-18-5-2-6-19-45)52-41-34-49(35-42-52)63-53-21-8-7-20-48(53)36-43-57(63)56-25-15-29-62-64(56)58-24-11-14-28-61(58)65(62)59-26-12-9-22-54(59)55-23-10-13-27-60(55)65/h1-43H. The highest BCUT2D eigenvalue weighted by molar-refractivity contribution is 6.08. The van der Waals surface area contributed by atoms with Crippen molar-refractivity contribution in [1.29, 1.82) is 0 Å². The van der Waals surface area contributed by atoms with Gasteiger partial charge in [-0.15, -0.1) is 0 Å². The number of nitrogens with zero attached hydrogens (tertiary/aromatic N) is 1. The lowest BCUT2D eigenvalue weighted by Gasteiger charge is -2.30. The van der Waals surface area contributed by atoms with Crippen LogP contribution in [-0.2, 0) is 5.41 Å². The van der Waals surface area contributed by atoms with E-state index in [2.05, 4.69) is 266 Å². The molecule has 1 heteroatoms. The SMILES string of the molecule is c1ccc(-c2ccc(N(c3ccc(-c4ccccc4)cc3)c3ccc(-c4c(-c5cccc6c5-c5ccccc5C65c6ccccc6-c6ccccc65)ccc5ccccc45)cc3)cc2)cc1. The van der Waals surface area contributed by atoms with Crippen molar-refractivity contribution in [2.45, 2.75) is 5.41 Å². The zero-order valence-electron chi connectivity index (χ0n) is 36.3. The fourth-order valence-electron chi connectivity index (χ4n) is 11.3. The van der Waals surface area contributed by atoms with Crippen LogP contribution in [0.5, 0.6) is 0 Å². The van der Waals surface area contributed by atoms with Gasteiger partial charge in [-0.25, -0.2) is 0 Å². The Balaban J connectivity index is 0.973. The summed E-state index contributed by atoms with van der Waals surface area (Å²) >= 11 is 0. The Bertz CT molecular complexity index is 3480. The van der Waals surface area contributed by atoms with Crippen molar-refractivity contribution in [3.8, 4) is 66.8 Å². The minimum Gasteiger partial charge on any atom is -0.311 e. The van der Waals surface area contributed by atoms with Crippen molar-refractivity contribution in [3.05, 3.63) is 283 Å². The highest BCUT2D eigenvalue weighted by atomic mass is 15.1. The van der Waals surface area contributed by atoms with E-state index in [0.717, 1.165) is 17.1 Å². The molecule has 0 N–H and O–H groups in total. The first-order valence-corrected chi connectivity index (χ1v) is 22.9. The average Bonchev–Trinajstić information content (AvgIpc) is 3.87. The average molecular weight is 838 g/mol. The largest absolute Gasteiger partial charge is 0.311 e. The van der Waals surface area contributed by atoms with Crippen LogP contribution in [-0.4, -0.2) is 0 Å². The Labute approximate surface area is 386 Å². The van der Waals surface area contributed by atoms with E-state index in [9.17, 15) is 0 Å². The van der Waals surface area contributed by atoms with Gasteiger partial charge in [-0.05, 0) is 136 Å². The maximum absolute atomic E-state index is 2.39. The molecule has 66 heavy (non-hydrogen) atoms. The van der Waals surface area contributed by atoms with E-state index in [1.165, 1.54) is 99.8 Å². The van der Waals surface area contributed by atoms with Gasteiger partial charge in [0.2, 0.25) is 0 Å². The number of rotatable bonds is 7. The van der Waals surface area contributed by atoms with Gasteiger partial charge in [-0.1, -0.05) is 224 Å². The molecule has 0 radical (unpaired) electrons. The van der Waals surface area contributed by atoms with Crippen molar-refractivity contribution in [3.63, 3.8) is 0 Å². The number of hydrogen-bond donors (Lipinski definition) is 0. The third-order valence-electron chi connectivity index (χ3n) is 14.1. The van der Waals surface area contributed by atoms with Crippen LogP contribution < -0.4 is 4.90 Å². The number of hydrogen-bond acceptors (Lipinski definition) is 1. The van der Waals surface area contributed by atoms with Gasteiger partial charge in [-0.2, -0.15) is 0 Å². The Morgan fingerprint density at radius 1 is 0.227 bits per heavy atom. The summed E-state index contributed by atoms with van der Waals surface area (Å²) < 4.78 is 0. The normalized spacial score (nSPS) is 12.7. The zero-order chi connectivity index (χ0) is 43.6. The van der Waals surface area contributed by atoms with Crippen LogP contribution in [0.2, 0.25) is 0 Å². The first kappa shape index (κ1) is 38.0. The summed E-state index contributed by atoms with van der Waals surface area (Å²) in [6.45, 7) is 0. The van der Waals surface area contributed by atoms with Gasteiger partial charge in [0.15, 0.2) is 0 Å². The van der Waals surface area contributed by atoms with Crippen molar-refractivity contribution >= 4 is 27.8 Å². The first-order chi connectivity index (χ1) is 32.8. The third kappa shape index (κ3) is 5.80. The maximum atomic E-state index is 2.39. The predicted octanol–water partition coefficient (Wildman–Crippen LogP) is 17.3. The molecule has 0 amide bonds. The van der Waals surface area contributed by atoms with Crippen molar-refractivity contribution in [2.75, 3.05) is 4.90 Å². The van der Waals surface area contributed by atoms with Crippen LogP contribution >= 0.6 is 0 Å². The topological polar surface area (TPSA) is 3.24 Å². The van der Waals surface area contributed by atoms with E-state index in [4.69, 9.17) is 0 Å². The molecule has 308 valence electrons. The summed E-state index contributed by atoms with van der Waals surface area (Å²) in [5.74, 6) is 0. The van der Waals surface area contributed by atoms with Gasteiger partial charge in [0.05, 0.1) is 5.41 Å². The molecule has 0 unspecified atom stereocenters. The molecule has 0 heterocycles. The van der Waals surface area contributed by atoms with Gasteiger partial charge in [0.1, 0.15) is 0 Å². The third-order valence-corrected chi connectivity index (χ3v) is 14.1. The summed E-state index contributed by atoms with van der Waals surface area (Å²) in [4.78, 5) is 2.37. The smallest absolute Gasteiger partial charge is 0.0725 e. The van der Waals surface area contributed by atoms with Gasteiger partial charge in [-0.3, -0.25) is 0 Å². The molecule has 1 spiro atoms. The molecule has 0 saturated heterocycles. The molecule has 0 aromatic heterocycles. The molecular weight excluding hydrogens is 795 g/mol. The molecule has 1 nitrogen and oxygen atoms in total. The molecule has 0 atom stereocenters. The molecule has 13 rings (SSSR count). The lowest BCUT2D eigenvalue weighted by Crippen LogP contribution is -2.25. The molecular formula is C65H43N. The van der Waals surface area contributed by atoms with Crippen LogP contribution in [0.3, 0.4) is 0 Å². The summed E-state index contributed by atoms with van der Waals surface area (Å²) in [7, 11) is 0. The molecule has 2 aliphatic carbocycles. The van der Waals surface area contributed by atoms with E-state index >= 15 is 0 Å². The van der Waals surface area contributed by atoms with E-state index in [1.807, 2.05) is 0 Å². The highest BCUT2D eigenvalue weighted by Gasteiger charge is 2.52. The second kappa shape index (κ2) is 15.3. The summed E-state index contributed by atoms with van der Waals surface area (Å²) in [5.41, 5.74) is 23.3. The minimum atomic E-state index is -0.407. The number of anilines is 3. The van der Waals surface area contributed by atoms with Crippen molar-refractivity contribution < 1.29 is 0 Å². The summed E-state index contributed by atoms with van der Waals surface area (Å²) in [6, 6.07) is 96.1. The highest BCUT2D eigenvalue weighted by Crippen LogP contribution is 2.64. The molecule has 0 aliphatic heterocycles. The van der Waals surface area contributed by atoms with E-state index in [1.54, 1.807) is 0 Å². The Morgan fingerprint density at radius 2 is 0.621 bits per heavy atom. The van der Waals surface area contributed by atoms with Gasteiger partial charge in [0.25, 0.3) is 0 Å². The molecule has 11 aromatic rings. The predicted molar refractivity (Wildman–Crippen MR) is 277 cm³/mol. The number of fused-ring (bicyclic) bond motifs is 11. The molecule has 0 bridgehead atoms. The van der Waals surface area contributed by atoms with E-state index in [-0.39, 0.29) is 0 Å². The number of benzene rings is 11. The zero-order valence-corrected chi connectivity index (χ0v) is 36.3. The Hall–Kier alpha value is -8.52. The fraction of sp³-hybridized carbons (Fsp3) is 0.0154. The van der Waals surface area contributed by atoms with Crippen LogP contribution in [0.15, 0.2) is 261 Å². The monoisotopic (exact) mass is 837 g/mol. The lowest BCUT2D eigenvalue weighted by molar-refractivity contribution is 0.794. The van der Waals surface area contributed by atoms with Crippen molar-refractivity contribution in [1.82, 2.24) is 0 Å². The van der Waals surface area contributed by atoms with E-state index < -0.39 is 5.41 Å². The second-order valence-corrected chi connectivity index (χ2v) is 17.5. The molecule has 0 saturated carbocycles. The Morgan fingerprint density at radius 3 is 1.18 bits per heavy atom. The quantitative estimate of drug-likeness (QED) is 0.155. The molecule has 0 fully saturated rings. The summed E-state index contributed by atoms with van der Waals surface area (Å²) in [5, 5.41) is 2.46. The Kier molecular flexibility index (Phi) is 8.82. The minimum absolute atomic E-state index is 0.407. The molecule has 2 aliphatic rings. The second-order valence-electron chi connectivity index (χ2n) is 17.5. The lowest BCUT2D eigenvalue weighted by atomic mass is 9.70. The van der Waals surface area contributed by atoms with Crippen LogP contribution in [0.4, 0.5) is 17.1 Å². The van der Waals surface area contributed by atoms with E-state index in [0.29, 0.717) is 0 Å². The maximum Gasteiger partial charge on any atom is 0.0725 e. The molecule has 11 aromatic carbocycles. The van der Waals surface area contributed by atoms with Crippen LogP contribution in [0, 0.1) is 0 Å². The van der Waals surface area contributed by atoms with Crippen LogP contribution in [0.25, 0.3) is 77.5 Å². The fourth-order valence-corrected chi connectivity index (χ4v) is 11.3. The van der Waals surface area contributed by atoms with Gasteiger partial charge >= 0.3 is 0 Å². The van der Waals surface area contributed by atoms with Crippen molar-refractivity contribution in [2.24, 2.45) is 0 Å². The summed E-state index contributed by atoms with van der Waals surface area (Å²) in [6.07, 6.45) is 0. The van der Waals surface area contributed by atoms with Crippen LogP contribution in [0.1, 0.15) is 22.3 Å². The first-order valence-electron chi connectivity index (χ1n) is 22.9. The van der Waals surface area contributed by atoms with Gasteiger partial charge in [0, 0.05) is 17.1 Å².